The molecule has 5 heteroatoms. The van der Waals surface area contributed by atoms with Crippen molar-refractivity contribution in [3.63, 3.8) is 0 Å². The van der Waals surface area contributed by atoms with Gasteiger partial charge in [0.15, 0.2) is 0 Å². The summed E-state index contributed by atoms with van der Waals surface area (Å²) in [6.45, 7) is 5.07. The number of halogens is 3. The average Bonchev–Trinajstić information content (AvgIpc) is 2.48. The van der Waals surface area contributed by atoms with Crippen LogP contribution in [0.1, 0.15) is 63.0 Å². The molecule has 126 valence electrons. The van der Waals surface area contributed by atoms with Gasteiger partial charge in [-0.3, -0.25) is 0 Å². The van der Waals surface area contributed by atoms with E-state index in [2.05, 4.69) is 0 Å². The molecule has 1 aromatic carbocycles. The lowest BCUT2D eigenvalue weighted by Crippen LogP contribution is -2.11. The van der Waals surface area contributed by atoms with Crippen molar-refractivity contribution in [1.82, 2.24) is 0 Å². The van der Waals surface area contributed by atoms with Crippen LogP contribution in [0, 0.1) is 0 Å². The molecular weight excluding hydrogens is 291 g/mol. The highest BCUT2D eigenvalue weighted by Gasteiger charge is 2.32. The first-order valence-electron chi connectivity index (χ1n) is 7.98. The topological polar surface area (TPSA) is 35.2 Å². The third-order valence-electron chi connectivity index (χ3n) is 3.63. The Hall–Kier alpha value is -1.23. The molecule has 0 aliphatic heterocycles. The van der Waals surface area contributed by atoms with Gasteiger partial charge < -0.3 is 10.5 Å². The fourth-order valence-electron chi connectivity index (χ4n) is 2.56. The minimum atomic E-state index is -4.33. The summed E-state index contributed by atoms with van der Waals surface area (Å²) in [6.07, 6.45) is -0.171. The molecule has 0 radical (unpaired) electrons. The molecule has 0 fully saturated rings. The molecule has 1 atom stereocenters. The molecule has 2 nitrogen and oxygen atoms in total. The highest BCUT2D eigenvalue weighted by molar-refractivity contribution is 5.41. The van der Waals surface area contributed by atoms with Crippen LogP contribution in [0.2, 0.25) is 0 Å². The van der Waals surface area contributed by atoms with Gasteiger partial charge in [-0.25, -0.2) is 0 Å². The highest BCUT2D eigenvalue weighted by Crippen LogP contribution is 2.38. The summed E-state index contributed by atoms with van der Waals surface area (Å²) in [5.74, 6) is 0.632. The number of alkyl halides is 3. The molecule has 1 aromatic rings. The lowest BCUT2D eigenvalue weighted by Gasteiger charge is -2.21. The van der Waals surface area contributed by atoms with Gasteiger partial charge in [0, 0.05) is 0 Å². The predicted octanol–water partition coefficient (Wildman–Crippen LogP) is 5.12. The van der Waals surface area contributed by atoms with Gasteiger partial charge >= 0.3 is 6.18 Å². The van der Waals surface area contributed by atoms with Crippen molar-refractivity contribution in [2.45, 2.75) is 58.0 Å². The van der Waals surface area contributed by atoms with Crippen LogP contribution in [0.25, 0.3) is 0 Å². The van der Waals surface area contributed by atoms with E-state index in [1.165, 1.54) is 12.1 Å². The van der Waals surface area contributed by atoms with E-state index < -0.39 is 11.7 Å². The van der Waals surface area contributed by atoms with Crippen LogP contribution in [0.5, 0.6) is 5.75 Å². The number of ether oxygens (including phenoxy) is 1. The Morgan fingerprint density at radius 1 is 1.14 bits per heavy atom. The van der Waals surface area contributed by atoms with E-state index >= 15 is 0 Å². The number of nitrogens with two attached hydrogens (primary N) is 1. The Morgan fingerprint density at radius 3 is 2.41 bits per heavy atom. The summed E-state index contributed by atoms with van der Waals surface area (Å²) >= 11 is 0. The van der Waals surface area contributed by atoms with Crippen LogP contribution in [0.4, 0.5) is 13.2 Å². The highest BCUT2D eigenvalue weighted by atomic mass is 19.4. The van der Waals surface area contributed by atoms with E-state index in [9.17, 15) is 13.2 Å². The minimum absolute atomic E-state index is 0.0581. The second kappa shape index (κ2) is 9.03. The summed E-state index contributed by atoms with van der Waals surface area (Å²) in [5.41, 5.74) is 5.61. The molecule has 1 unspecified atom stereocenters. The number of hydrogen-bond donors (Lipinski definition) is 1. The van der Waals surface area contributed by atoms with Gasteiger partial charge in [0.1, 0.15) is 5.75 Å². The molecule has 0 aromatic heterocycles. The van der Waals surface area contributed by atoms with E-state index in [1.54, 1.807) is 0 Å². The zero-order valence-electron chi connectivity index (χ0n) is 13.4. The molecule has 0 amide bonds. The molecule has 0 spiro atoms. The monoisotopic (exact) mass is 317 g/mol. The first-order valence-corrected chi connectivity index (χ1v) is 7.98. The van der Waals surface area contributed by atoms with E-state index in [4.69, 9.17) is 10.5 Å². The maximum absolute atomic E-state index is 13.0. The lowest BCUT2D eigenvalue weighted by molar-refractivity contribution is -0.137. The summed E-state index contributed by atoms with van der Waals surface area (Å²) in [7, 11) is 0. The summed E-state index contributed by atoms with van der Waals surface area (Å²) in [4.78, 5) is 0. The van der Waals surface area contributed by atoms with Crippen molar-refractivity contribution >= 4 is 0 Å². The lowest BCUT2D eigenvalue weighted by atomic mass is 9.88. The van der Waals surface area contributed by atoms with E-state index in [1.807, 2.05) is 13.8 Å². The van der Waals surface area contributed by atoms with Gasteiger partial charge in [-0.1, -0.05) is 20.3 Å². The number of benzene rings is 1. The molecule has 0 saturated heterocycles. The van der Waals surface area contributed by atoms with Crippen LogP contribution < -0.4 is 10.5 Å². The van der Waals surface area contributed by atoms with Crippen LogP contribution in [0.3, 0.4) is 0 Å². The van der Waals surface area contributed by atoms with Crippen molar-refractivity contribution in [1.29, 1.82) is 0 Å². The molecule has 0 aliphatic rings. The Labute approximate surface area is 130 Å². The van der Waals surface area contributed by atoms with Crippen molar-refractivity contribution in [2.75, 3.05) is 13.2 Å². The van der Waals surface area contributed by atoms with E-state index in [0.29, 0.717) is 24.5 Å². The second-order valence-corrected chi connectivity index (χ2v) is 5.52. The third-order valence-corrected chi connectivity index (χ3v) is 3.63. The molecular formula is C17H26F3NO. The van der Waals surface area contributed by atoms with E-state index in [-0.39, 0.29) is 5.92 Å². The van der Waals surface area contributed by atoms with Gasteiger partial charge in [0.2, 0.25) is 0 Å². The smallest absolute Gasteiger partial charge is 0.416 e. The first-order chi connectivity index (χ1) is 10.4. The standard InChI is InChI=1S/C17H26F3NO/c1-3-6-13(7-5-10-21)15-12-14(17(18,19)20)8-9-16(15)22-11-4-2/h8-9,12-13H,3-7,10-11,21H2,1-2H3. The van der Waals surface area contributed by atoms with Crippen LogP contribution in [-0.2, 0) is 6.18 Å². The molecule has 2 N–H and O–H groups in total. The quantitative estimate of drug-likeness (QED) is 0.686. The minimum Gasteiger partial charge on any atom is -0.493 e. The average molecular weight is 317 g/mol. The molecule has 1 rings (SSSR count). The predicted molar refractivity (Wildman–Crippen MR) is 83.2 cm³/mol. The largest absolute Gasteiger partial charge is 0.493 e. The SMILES string of the molecule is CCCOc1ccc(C(F)(F)F)cc1C(CCC)CCCN. The molecule has 0 heterocycles. The van der Waals surface area contributed by atoms with Crippen molar-refractivity contribution in [3.05, 3.63) is 29.3 Å². The maximum atomic E-state index is 13.0. The van der Waals surface area contributed by atoms with Crippen molar-refractivity contribution in [3.8, 4) is 5.75 Å². The number of hydrogen-bond acceptors (Lipinski definition) is 2. The fourth-order valence-corrected chi connectivity index (χ4v) is 2.56. The molecule has 0 aliphatic carbocycles. The first kappa shape index (κ1) is 18.8. The zero-order chi connectivity index (χ0) is 16.6. The van der Waals surface area contributed by atoms with Crippen LogP contribution in [0.15, 0.2) is 18.2 Å². The second-order valence-electron chi connectivity index (χ2n) is 5.52. The maximum Gasteiger partial charge on any atom is 0.416 e. The molecule has 22 heavy (non-hydrogen) atoms. The van der Waals surface area contributed by atoms with Gasteiger partial charge in [-0.2, -0.15) is 13.2 Å². The van der Waals surface area contributed by atoms with E-state index in [0.717, 1.165) is 38.2 Å². The summed E-state index contributed by atoms with van der Waals surface area (Å²) in [5, 5.41) is 0. The molecule has 0 saturated carbocycles. The zero-order valence-corrected chi connectivity index (χ0v) is 13.4. The number of rotatable bonds is 9. The van der Waals surface area contributed by atoms with Crippen LogP contribution in [-0.4, -0.2) is 13.2 Å². The molecule has 0 bridgehead atoms. The van der Waals surface area contributed by atoms with Gasteiger partial charge in [0.05, 0.1) is 12.2 Å². The van der Waals surface area contributed by atoms with Crippen molar-refractivity contribution in [2.24, 2.45) is 5.73 Å². The Balaban J connectivity index is 3.16. The normalized spacial score (nSPS) is 13.2. The van der Waals surface area contributed by atoms with Gasteiger partial charge in [-0.15, -0.1) is 0 Å². The third kappa shape index (κ3) is 5.52. The van der Waals surface area contributed by atoms with Crippen LogP contribution >= 0.6 is 0 Å². The Kier molecular flexibility index (Phi) is 7.73. The van der Waals surface area contributed by atoms with Gasteiger partial charge in [0.25, 0.3) is 0 Å². The fraction of sp³-hybridized carbons (Fsp3) is 0.647. The van der Waals surface area contributed by atoms with Gasteiger partial charge in [-0.05, 0) is 61.9 Å². The summed E-state index contributed by atoms with van der Waals surface area (Å²) in [6, 6.07) is 3.81. The summed E-state index contributed by atoms with van der Waals surface area (Å²) < 4.78 is 44.6. The Bertz CT molecular complexity index is 446. The van der Waals surface area contributed by atoms with Crippen molar-refractivity contribution < 1.29 is 17.9 Å². The Morgan fingerprint density at radius 2 is 1.86 bits per heavy atom.